The summed E-state index contributed by atoms with van der Waals surface area (Å²) in [5, 5.41) is 3.35. The van der Waals surface area contributed by atoms with Gasteiger partial charge in [0, 0.05) is 6.61 Å². The van der Waals surface area contributed by atoms with Crippen molar-refractivity contribution in [2.45, 2.75) is 194 Å². The van der Waals surface area contributed by atoms with E-state index < -0.39 is 0 Å². The first kappa shape index (κ1) is 38.0. The molecule has 0 spiro atoms. The summed E-state index contributed by atoms with van der Waals surface area (Å²) in [4.78, 5) is 0. The minimum absolute atomic E-state index is 0.0467. The lowest BCUT2D eigenvalue weighted by Crippen LogP contribution is -2.37. The Morgan fingerprint density at radius 1 is 0.472 bits per heavy atom. The minimum Gasteiger partial charge on any atom is -0.364 e. The van der Waals surface area contributed by atoms with Crippen LogP contribution in [0.5, 0.6) is 0 Å². The smallest absolute Gasteiger partial charge is 0.105 e. The van der Waals surface area contributed by atoms with Crippen LogP contribution in [0.4, 0.5) is 0 Å². The summed E-state index contributed by atoms with van der Waals surface area (Å²) in [6, 6.07) is 0. The molecule has 36 heavy (non-hydrogen) atoms. The SMILES string of the molecule is CCCCCCCCCCCCCCCCNC(N)CC.CCCCCCCCCCOC(N)CC. The first-order valence-corrected chi connectivity index (χ1v) is 16.5. The van der Waals surface area contributed by atoms with E-state index in [2.05, 4.69) is 33.0 Å². The quantitative estimate of drug-likeness (QED) is 0.0719. The zero-order valence-electron chi connectivity index (χ0n) is 25.6. The summed E-state index contributed by atoms with van der Waals surface area (Å²) in [6.07, 6.45) is 32.8. The van der Waals surface area contributed by atoms with Crippen LogP contribution < -0.4 is 16.8 Å². The third-order valence-corrected chi connectivity index (χ3v) is 7.11. The molecule has 2 atom stereocenters. The fourth-order valence-electron chi connectivity index (χ4n) is 4.34. The Kier molecular flexibility index (Phi) is 36.8. The van der Waals surface area contributed by atoms with Crippen LogP contribution in [0.15, 0.2) is 0 Å². The van der Waals surface area contributed by atoms with E-state index in [1.54, 1.807) is 0 Å². The minimum atomic E-state index is -0.0467. The van der Waals surface area contributed by atoms with Crippen molar-refractivity contribution in [3.63, 3.8) is 0 Å². The molecule has 4 nitrogen and oxygen atoms in total. The highest BCUT2D eigenvalue weighted by atomic mass is 16.5. The average molecular weight is 514 g/mol. The van der Waals surface area contributed by atoms with E-state index in [9.17, 15) is 0 Å². The van der Waals surface area contributed by atoms with Crippen LogP contribution in [-0.4, -0.2) is 25.5 Å². The van der Waals surface area contributed by atoms with Crippen molar-refractivity contribution in [3.05, 3.63) is 0 Å². The van der Waals surface area contributed by atoms with Gasteiger partial charge in [-0.2, -0.15) is 0 Å². The van der Waals surface area contributed by atoms with E-state index in [1.165, 1.54) is 141 Å². The fraction of sp³-hybridized carbons (Fsp3) is 1.00. The van der Waals surface area contributed by atoms with Crippen molar-refractivity contribution < 1.29 is 4.74 Å². The van der Waals surface area contributed by atoms with Crippen LogP contribution in [0.3, 0.4) is 0 Å². The number of ether oxygens (including phenoxy) is 1. The molecule has 0 fully saturated rings. The molecule has 5 N–H and O–H groups in total. The highest BCUT2D eigenvalue weighted by Gasteiger charge is 1.98. The molecule has 220 valence electrons. The van der Waals surface area contributed by atoms with Crippen molar-refractivity contribution in [3.8, 4) is 0 Å². The Bertz CT molecular complexity index is 367. The third-order valence-electron chi connectivity index (χ3n) is 7.11. The van der Waals surface area contributed by atoms with Gasteiger partial charge in [0.05, 0.1) is 6.17 Å². The largest absolute Gasteiger partial charge is 0.364 e. The molecule has 0 saturated carbocycles. The Morgan fingerprint density at radius 2 is 0.833 bits per heavy atom. The van der Waals surface area contributed by atoms with Gasteiger partial charge in [0.15, 0.2) is 0 Å². The normalized spacial score (nSPS) is 12.8. The number of nitrogens with one attached hydrogen (secondary N) is 1. The molecule has 0 amide bonds. The monoisotopic (exact) mass is 514 g/mol. The van der Waals surface area contributed by atoms with E-state index in [1.807, 2.05) is 0 Å². The van der Waals surface area contributed by atoms with Gasteiger partial charge >= 0.3 is 0 Å². The second kappa shape index (κ2) is 34.8. The first-order chi connectivity index (χ1) is 17.6. The maximum atomic E-state index is 5.82. The maximum Gasteiger partial charge on any atom is 0.105 e. The van der Waals surface area contributed by atoms with Crippen LogP contribution in [0.2, 0.25) is 0 Å². The number of hydrogen-bond acceptors (Lipinski definition) is 4. The zero-order valence-corrected chi connectivity index (χ0v) is 25.6. The summed E-state index contributed by atoms with van der Waals surface area (Å²) < 4.78 is 5.41. The van der Waals surface area contributed by atoms with Crippen LogP contribution in [0, 0.1) is 0 Å². The van der Waals surface area contributed by atoms with Gasteiger partial charge in [0.1, 0.15) is 6.23 Å². The molecule has 2 unspecified atom stereocenters. The molecule has 0 aliphatic heterocycles. The number of nitrogens with two attached hydrogens (primary N) is 2. The van der Waals surface area contributed by atoms with Gasteiger partial charge in [0.2, 0.25) is 0 Å². The van der Waals surface area contributed by atoms with Crippen molar-refractivity contribution in [1.29, 1.82) is 0 Å². The van der Waals surface area contributed by atoms with Crippen molar-refractivity contribution in [2.75, 3.05) is 13.2 Å². The number of unbranched alkanes of at least 4 members (excludes halogenated alkanes) is 20. The van der Waals surface area contributed by atoms with Crippen LogP contribution >= 0.6 is 0 Å². The summed E-state index contributed by atoms with van der Waals surface area (Å²) in [5.41, 5.74) is 11.5. The second-order valence-electron chi connectivity index (χ2n) is 10.9. The lowest BCUT2D eigenvalue weighted by atomic mass is 10.0. The standard InChI is InChI=1S/C19H42N2.C13H29NO/c1-3-5-6-7-8-9-10-11-12-13-14-15-16-17-18-21-19(20)4-2;1-3-5-6-7-8-9-10-11-12-15-13(14)4-2/h19,21H,3-18,20H2,1-2H3;13H,3-12,14H2,1-2H3. The van der Waals surface area contributed by atoms with Crippen molar-refractivity contribution in [1.82, 2.24) is 5.32 Å². The lowest BCUT2D eigenvalue weighted by molar-refractivity contribution is 0.0526. The average Bonchev–Trinajstić information content (AvgIpc) is 2.89. The van der Waals surface area contributed by atoms with Gasteiger partial charge in [-0.25, -0.2) is 0 Å². The summed E-state index contributed by atoms with van der Waals surface area (Å²) >= 11 is 0. The molecule has 0 heterocycles. The molecule has 0 aromatic carbocycles. The predicted molar refractivity (Wildman–Crippen MR) is 163 cm³/mol. The molecule has 4 heteroatoms. The van der Waals surface area contributed by atoms with Crippen molar-refractivity contribution >= 4 is 0 Å². The van der Waals surface area contributed by atoms with Crippen LogP contribution in [-0.2, 0) is 4.74 Å². The molecule has 0 rings (SSSR count). The highest BCUT2D eigenvalue weighted by Crippen LogP contribution is 2.13. The number of hydrogen-bond donors (Lipinski definition) is 3. The lowest BCUT2D eigenvalue weighted by Gasteiger charge is -2.10. The predicted octanol–water partition coefficient (Wildman–Crippen LogP) is 9.59. The Labute approximate surface area is 228 Å². The summed E-state index contributed by atoms with van der Waals surface area (Å²) in [5.74, 6) is 0. The maximum absolute atomic E-state index is 5.82. The van der Waals surface area contributed by atoms with Crippen LogP contribution in [0.1, 0.15) is 182 Å². The van der Waals surface area contributed by atoms with Gasteiger partial charge in [0.25, 0.3) is 0 Å². The van der Waals surface area contributed by atoms with E-state index in [0.717, 1.165) is 26.0 Å². The van der Waals surface area contributed by atoms with Gasteiger partial charge in [-0.3, -0.25) is 0 Å². The Balaban J connectivity index is 0. The molecule has 0 bridgehead atoms. The summed E-state index contributed by atoms with van der Waals surface area (Å²) in [6.45, 7) is 10.7. The summed E-state index contributed by atoms with van der Waals surface area (Å²) in [7, 11) is 0. The fourth-order valence-corrected chi connectivity index (χ4v) is 4.34. The number of rotatable bonds is 28. The van der Waals surface area contributed by atoms with E-state index >= 15 is 0 Å². The molecule has 0 saturated heterocycles. The van der Waals surface area contributed by atoms with Crippen molar-refractivity contribution in [2.24, 2.45) is 11.5 Å². The Morgan fingerprint density at radius 3 is 1.19 bits per heavy atom. The second-order valence-corrected chi connectivity index (χ2v) is 10.9. The Hall–Kier alpha value is -0.160. The van der Waals surface area contributed by atoms with E-state index in [4.69, 9.17) is 16.2 Å². The molecular weight excluding hydrogens is 442 g/mol. The van der Waals surface area contributed by atoms with E-state index in [0.29, 0.717) is 0 Å². The topological polar surface area (TPSA) is 73.3 Å². The van der Waals surface area contributed by atoms with Gasteiger partial charge in [-0.05, 0) is 32.2 Å². The van der Waals surface area contributed by atoms with E-state index in [-0.39, 0.29) is 12.4 Å². The van der Waals surface area contributed by atoms with Gasteiger partial charge in [-0.15, -0.1) is 0 Å². The molecule has 0 radical (unpaired) electrons. The van der Waals surface area contributed by atoms with Gasteiger partial charge in [-0.1, -0.05) is 156 Å². The third kappa shape index (κ3) is 36.0. The highest BCUT2D eigenvalue weighted by molar-refractivity contribution is 4.56. The molecule has 0 aromatic rings. The molecule has 0 aromatic heterocycles. The zero-order chi connectivity index (χ0) is 27.0. The molecular formula is C32H71N3O. The van der Waals surface area contributed by atoms with Crippen LogP contribution in [0.25, 0.3) is 0 Å². The first-order valence-electron chi connectivity index (χ1n) is 16.5. The molecule has 0 aliphatic rings. The molecule has 0 aliphatic carbocycles. The van der Waals surface area contributed by atoms with Gasteiger partial charge < -0.3 is 21.5 Å².